The van der Waals surface area contributed by atoms with Gasteiger partial charge in [-0.2, -0.15) is 16.8 Å². The lowest BCUT2D eigenvalue weighted by Crippen LogP contribution is -2.47. The van der Waals surface area contributed by atoms with Gasteiger partial charge in [-0.1, -0.05) is 0 Å². The second-order valence-corrected chi connectivity index (χ2v) is 8.03. The lowest BCUT2D eigenvalue weighted by molar-refractivity contribution is 0.131. The lowest BCUT2D eigenvalue weighted by atomic mass is 10.2. The maximum Gasteiger partial charge on any atom is 0.274 e. The third kappa shape index (κ3) is 10.4. The van der Waals surface area contributed by atoms with E-state index in [2.05, 4.69) is 19.2 Å². The summed E-state index contributed by atoms with van der Waals surface area (Å²) in [6.07, 6.45) is 1.43. The molecule has 0 atom stereocenters. The molecule has 0 aromatic heterocycles. The zero-order chi connectivity index (χ0) is 16.6. The van der Waals surface area contributed by atoms with Crippen LogP contribution in [0.4, 0.5) is 0 Å². The molecule has 0 aromatic rings. The summed E-state index contributed by atoms with van der Waals surface area (Å²) in [6, 6.07) is 0. The number of hydrogen-bond acceptors (Lipinski definition) is 6. The van der Waals surface area contributed by atoms with Crippen LogP contribution in [-0.4, -0.2) is 79.0 Å². The summed E-state index contributed by atoms with van der Waals surface area (Å²) in [5, 5.41) is 9.70. The number of piperazine rings is 1. The summed E-state index contributed by atoms with van der Waals surface area (Å²) in [7, 11) is -7.19. The van der Waals surface area contributed by atoms with Crippen LogP contribution in [0.5, 0.6) is 0 Å². The Kier molecular flexibility index (Phi) is 8.13. The first-order valence-corrected chi connectivity index (χ1v) is 10.2. The molecule has 0 amide bonds. The van der Waals surface area contributed by atoms with Crippen molar-refractivity contribution in [2.24, 2.45) is 10.3 Å². The molecule has 0 spiro atoms. The summed E-state index contributed by atoms with van der Waals surface area (Å²) < 4.78 is 47.4. The van der Waals surface area contributed by atoms with Crippen molar-refractivity contribution in [1.82, 2.24) is 19.2 Å². The van der Waals surface area contributed by atoms with Crippen molar-refractivity contribution in [3.8, 4) is 0 Å². The Labute approximate surface area is 132 Å². The molecular weight excluding hydrogens is 332 g/mol. The van der Waals surface area contributed by atoms with Gasteiger partial charge >= 0.3 is 0 Å². The molecule has 12 heteroatoms. The molecule has 6 N–H and O–H groups in total. The molecule has 10 nitrogen and oxygen atoms in total. The van der Waals surface area contributed by atoms with Crippen molar-refractivity contribution >= 4 is 20.4 Å². The first-order chi connectivity index (χ1) is 10.2. The molecule has 0 saturated carbocycles. The van der Waals surface area contributed by atoms with E-state index in [1.165, 1.54) is 0 Å². The van der Waals surface area contributed by atoms with Gasteiger partial charge in [0.15, 0.2) is 0 Å². The summed E-state index contributed by atoms with van der Waals surface area (Å²) in [4.78, 5) is 4.54. The van der Waals surface area contributed by atoms with Gasteiger partial charge in [0.25, 0.3) is 20.4 Å². The average Bonchev–Trinajstić information content (AvgIpc) is 2.39. The number of nitrogens with zero attached hydrogens (tertiary/aromatic N) is 2. The number of nitrogens with two attached hydrogens (primary N) is 2. The van der Waals surface area contributed by atoms with Gasteiger partial charge in [0.05, 0.1) is 0 Å². The van der Waals surface area contributed by atoms with Crippen LogP contribution in [0.2, 0.25) is 0 Å². The monoisotopic (exact) mass is 358 g/mol. The van der Waals surface area contributed by atoms with Crippen LogP contribution < -0.4 is 19.7 Å². The minimum Gasteiger partial charge on any atom is -0.301 e. The van der Waals surface area contributed by atoms with Gasteiger partial charge in [-0.3, -0.25) is 0 Å². The van der Waals surface area contributed by atoms with Crippen LogP contribution in [0.3, 0.4) is 0 Å². The first-order valence-electron chi connectivity index (χ1n) is 7.15. The Morgan fingerprint density at radius 2 is 1.05 bits per heavy atom. The molecule has 1 aliphatic rings. The van der Waals surface area contributed by atoms with Crippen molar-refractivity contribution in [1.29, 1.82) is 0 Å². The summed E-state index contributed by atoms with van der Waals surface area (Å²) in [5.41, 5.74) is 0. The van der Waals surface area contributed by atoms with E-state index in [4.69, 9.17) is 10.3 Å². The zero-order valence-corrected chi connectivity index (χ0v) is 14.2. The molecule has 0 aliphatic carbocycles. The predicted molar refractivity (Wildman–Crippen MR) is 84.3 cm³/mol. The Balaban J connectivity index is 2.06. The SMILES string of the molecule is NS(=O)(=O)NCCCN1CCN(CCCNS(N)(=O)=O)CC1. The van der Waals surface area contributed by atoms with Gasteiger partial charge in [-0.15, -0.1) is 0 Å². The standard InChI is InChI=1S/C10H26N6O4S2/c11-21(17,18)13-3-1-5-15-7-9-16(10-8-15)6-2-4-14-22(12,19)20/h13-14H,1-10H2,(H2,11,17,18)(H2,12,19,20). The third-order valence-corrected chi connectivity index (χ3v) is 4.59. The van der Waals surface area contributed by atoms with Gasteiger partial charge in [0.2, 0.25) is 0 Å². The van der Waals surface area contributed by atoms with Crippen molar-refractivity contribution in [2.75, 3.05) is 52.4 Å². The Morgan fingerprint density at radius 3 is 1.32 bits per heavy atom. The fraction of sp³-hybridized carbons (Fsp3) is 1.00. The summed E-state index contributed by atoms with van der Waals surface area (Å²) in [6.45, 7) is 6.00. The van der Waals surface area contributed by atoms with Crippen LogP contribution in [-0.2, 0) is 20.4 Å². The minimum atomic E-state index is -3.59. The highest BCUT2D eigenvalue weighted by Gasteiger charge is 2.16. The third-order valence-electron chi connectivity index (χ3n) is 3.37. The minimum absolute atomic E-state index is 0.346. The van der Waals surface area contributed by atoms with Crippen LogP contribution in [0.25, 0.3) is 0 Å². The van der Waals surface area contributed by atoms with E-state index in [0.29, 0.717) is 25.9 Å². The maximum absolute atomic E-state index is 10.7. The second-order valence-electron chi connectivity index (χ2n) is 5.27. The van der Waals surface area contributed by atoms with E-state index < -0.39 is 20.4 Å². The molecule has 0 radical (unpaired) electrons. The summed E-state index contributed by atoms with van der Waals surface area (Å²) in [5.74, 6) is 0. The van der Waals surface area contributed by atoms with E-state index in [0.717, 1.165) is 39.3 Å². The maximum atomic E-state index is 10.7. The Hall–Kier alpha value is -0.340. The predicted octanol–water partition coefficient (Wildman–Crippen LogP) is -3.03. The second kappa shape index (κ2) is 9.08. The fourth-order valence-electron chi connectivity index (χ4n) is 2.27. The van der Waals surface area contributed by atoms with Crippen molar-refractivity contribution in [2.45, 2.75) is 12.8 Å². The van der Waals surface area contributed by atoms with E-state index >= 15 is 0 Å². The number of nitrogens with one attached hydrogen (secondary N) is 2. The molecule has 1 rings (SSSR count). The van der Waals surface area contributed by atoms with E-state index in [1.54, 1.807) is 0 Å². The van der Waals surface area contributed by atoms with Gasteiger partial charge in [0, 0.05) is 39.3 Å². The quantitative estimate of drug-likeness (QED) is 0.305. The Bertz CT molecular complexity index is 468. The highest BCUT2D eigenvalue weighted by molar-refractivity contribution is 7.87. The van der Waals surface area contributed by atoms with Crippen molar-refractivity contribution < 1.29 is 16.8 Å². The van der Waals surface area contributed by atoms with Gasteiger partial charge in [0.1, 0.15) is 0 Å². The van der Waals surface area contributed by atoms with E-state index in [9.17, 15) is 16.8 Å². The van der Waals surface area contributed by atoms with Gasteiger partial charge < -0.3 is 9.80 Å². The first kappa shape index (κ1) is 19.7. The van der Waals surface area contributed by atoms with E-state index in [-0.39, 0.29) is 0 Å². The molecule has 1 saturated heterocycles. The van der Waals surface area contributed by atoms with Crippen LogP contribution in [0, 0.1) is 0 Å². The van der Waals surface area contributed by atoms with Crippen molar-refractivity contribution in [3.63, 3.8) is 0 Å². The average molecular weight is 358 g/mol. The van der Waals surface area contributed by atoms with Crippen LogP contribution >= 0.6 is 0 Å². The highest BCUT2D eigenvalue weighted by atomic mass is 32.2. The van der Waals surface area contributed by atoms with E-state index in [1.807, 2.05) is 0 Å². The normalized spacial score (nSPS) is 18.6. The highest BCUT2D eigenvalue weighted by Crippen LogP contribution is 2.03. The molecule has 1 heterocycles. The molecular formula is C10H26N6O4S2. The van der Waals surface area contributed by atoms with Gasteiger partial charge in [-0.05, 0) is 25.9 Å². The molecule has 0 aromatic carbocycles. The molecule has 22 heavy (non-hydrogen) atoms. The molecule has 132 valence electrons. The topological polar surface area (TPSA) is 151 Å². The van der Waals surface area contributed by atoms with Crippen LogP contribution in [0.1, 0.15) is 12.8 Å². The summed E-state index contributed by atoms with van der Waals surface area (Å²) >= 11 is 0. The largest absolute Gasteiger partial charge is 0.301 e. The number of rotatable bonds is 10. The fourth-order valence-corrected chi connectivity index (χ4v) is 3.13. The molecule has 1 fully saturated rings. The smallest absolute Gasteiger partial charge is 0.274 e. The molecule has 1 aliphatic heterocycles. The van der Waals surface area contributed by atoms with Gasteiger partial charge in [-0.25, -0.2) is 19.7 Å². The number of hydrogen-bond donors (Lipinski definition) is 4. The zero-order valence-electron chi connectivity index (χ0n) is 12.6. The van der Waals surface area contributed by atoms with Crippen molar-refractivity contribution in [3.05, 3.63) is 0 Å². The lowest BCUT2D eigenvalue weighted by Gasteiger charge is -2.34. The molecule has 0 unspecified atom stereocenters. The van der Waals surface area contributed by atoms with Crippen LogP contribution in [0.15, 0.2) is 0 Å². The molecule has 0 bridgehead atoms. The Morgan fingerprint density at radius 1 is 0.727 bits per heavy atom.